The van der Waals surface area contributed by atoms with E-state index in [1.807, 2.05) is 24.4 Å². The van der Waals surface area contributed by atoms with Gasteiger partial charge in [-0.05, 0) is 61.2 Å². The summed E-state index contributed by atoms with van der Waals surface area (Å²) in [6.07, 6.45) is 1.86. The Kier molecular flexibility index (Phi) is 7.41. The van der Waals surface area contributed by atoms with E-state index in [4.69, 9.17) is 15.3 Å². The first-order valence-electron chi connectivity index (χ1n) is 10.3. The molecule has 0 bridgehead atoms. The van der Waals surface area contributed by atoms with Gasteiger partial charge in [0.1, 0.15) is 5.75 Å². The van der Waals surface area contributed by atoms with E-state index in [2.05, 4.69) is 15.7 Å². The zero-order valence-corrected chi connectivity index (χ0v) is 18.5. The summed E-state index contributed by atoms with van der Waals surface area (Å²) in [5.74, 6) is 4.73. The number of nitrogens with two attached hydrogens (primary N) is 1. The molecule has 2 aromatic carbocycles. The lowest BCUT2D eigenvalue weighted by Crippen LogP contribution is -2.42. The molecule has 176 valence electrons. The number of ether oxygens (including phenoxy) is 2. The second-order valence-corrected chi connectivity index (χ2v) is 8.02. The normalized spacial score (nSPS) is 12.8. The fourth-order valence-corrected chi connectivity index (χ4v) is 3.58. The van der Waals surface area contributed by atoms with E-state index in [0.29, 0.717) is 18.5 Å². The number of nitrogens with one attached hydrogen (secondary N) is 3. The van der Waals surface area contributed by atoms with Crippen molar-refractivity contribution in [1.29, 1.82) is 0 Å². The van der Waals surface area contributed by atoms with Crippen LogP contribution in [0.25, 0.3) is 10.9 Å². The molecule has 1 atom stereocenters. The Morgan fingerprint density at radius 3 is 2.67 bits per heavy atom. The van der Waals surface area contributed by atoms with Gasteiger partial charge in [-0.2, -0.15) is 0 Å². The third kappa shape index (κ3) is 5.73. The second-order valence-electron chi connectivity index (χ2n) is 8.02. The molecule has 0 fully saturated rings. The van der Waals surface area contributed by atoms with E-state index in [-0.39, 0.29) is 24.5 Å². The van der Waals surface area contributed by atoms with Gasteiger partial charge in [0.25, 0.3) is 0 Å². The Hall–Kier alpha value is -3.76. The van der Waals surface area contributed by atoms with Crippen molar-refractivity contribution >= 4 is 23.0 Å². The van der Waals surface area contributed by atoms with Crippen LogP contribution in [-0.2, 0) is 17.6 Å². The smallest absolute Gasteiger partial charge is 0.412 e. The predicted molar refractivity (Wildman–Crippen MR) is 122 cm³/mol. The first-order chi connectivity index (χ1) is 15.8. The van der Waals surface area contributed by atoms with Crippen LogP contribution in [0.4, 0.5) is 4.79 Å². The number of fused-ring (bicyclic) bond motifs is 1. The van der Waals surface area contributed by atoms with Crippen LogP contribution >= 0.6 is 0 Å². The van der Waals surface area contributed by atoms with Crippen LogP contribution in [-0.4, -0.2) is 47.5 Å². The zero-order chi connectivity index (χ0) is 24.0. The topological polar surface area (TPSA) is 159 Å². The van der Waals surface area contributed by atoms with E-state index in [1.54, 1.807) is 20.1 Å². The zero-order valence-electron chi connectivity index (χ0n) is 18.5. The van der Waals surface area contributed by atoms with Crippen LogP contribution in [0.5, 0.6) is 17.2 Å². The highest BCUT2D eigenvalue weighted by atomic mass is 16.6. The van der Waals surface area contributed by atoms with Gasteiger partial charge in [0, 0.05) is 30.2 Å². The van der Waals surface area contributed by atoms with Gasteiger partial charge in [-0.15, -0.1) is 0 Å². The van der Waals surface area contributed by atoms with Crippen LogP contribution < -0.4 is 26.1 Å². The molecule has 1 heterocycles. The summed E-state index contributed by atoms with van der Waals surface area (Å²) in [6, 6.07) is 10.1. The van der Waals surface area contributed by atoms with Crippen molar-refractivity contribution < 1.29 is 29.3 Å². The number of H-pyrrole nitrogens is 1. The van der Waals surface area contributed by atoms with Crippen molar-refractivity contribution in [3.05, 3.63) is 53.7 Å². The van der Waals surface area contributed by atoms with Gasteiger partial charge < -0.3 is 30.0 Å². The monoisotopic (exact) mass is 456 g/mol. The number of aromatic hydroxyl groups is 1. The van der Waals surface area contributed by atoms with Crippen LogP contribution in [0.3, 0.4) is 0 Å². The Labute approximate surface area is 190 Å². The molecular formula is C23H28N4O6. The lowest BCUT2D eigenvalue weighted by Gasteiger charge is -2.24. The average molecular weight is 456 g/mol. The van der Waals surface area contributed by atoms with Crippen molar-refractivity contribution in [2.24, 2.45) is 11.3 Å². The van der Waals surface area contributed by atoms with Crippen LogP contribution in [0, 0.1) is 5.41 Å². The molecule has 3 aromatic rings. The number of hydrogen-bond acceptors (Lipinski definition) is 7. The number of amides is 1. The highest BCUT2D eigenvalue weighted by molar-refractivity contribution is 5.84. The maximum Gasteiger partial charge on any atom is 0.412 e. The second kappa shape index (κ2) is 10.2. The number of aromatic amines is 1. The number of phenols is 1. The van der Waals surface area contributed by atoms with Gasteiger partial charge in [-0.3, -0.25) is 16.1 Å². The van der Waals surface area contributed by atoms with Crippen molar-refractivity contribution in [3.8, 4) is 17.2 Å². The summed E-state index contributed by atoms with van der Waals surface area (Å²) in [7, 11) is 1.61. The first-order valence-corrected chi connectivity index (χ1v) is 10.3. The maximum absolute atomic E-state index is 12.2. The molecule has 0 aliphatic rings. The summed E-state index contributed by atoms with van der Waals surface area (Å²) in [5, 5.41) is 23.4. The molecule has 0 aliphatic carbocycles. The van der Waals surface area contributed by atoms with Gasteiger partial charge >= 0.3 is 12.1 Å². The number of hydrazine groups is 1. The number of methoxy groups -OCH3 is 1. The lowest BCUT2D eigenvalue weighted by atomic mass is 9.83. The van der Waals surface area contributed by atoms with E-state index in [0.717, 1.165) is 22.2 Å². The number of rotatable bonds is 10. The Morgan fingerprint density at radius 1 is 1.21 bits per heavy atom. The third-order valence-electron chi connectivity index (χ3n) is 5.47. The fraction of sp³-hybridized carbons (Fsp3) is 0.304. The minimum Gasteiger partial charge on any atom is -0.504 e. The van der Waals surface area contributed by atoms with Gasteiger partial charge in [-0.25, -0.2) is 4.79 Å². The number of benzene rings is 2. The Balaban J connectivity index is 1.57. The summed E-state index contributed by atoms with van der Waals surface area (Å²) < 4.78 is 10.5. The fourth-order valence-electron chi connectivity index (χ4n) is 3.58. The molecule has 0 aliphatic heterocycles. The summed E-state index contributed by atoms with van der Waals surface area (Å²) in [4.78, 5) is 26.9. The SMILES string of the molecule is COc1ccc2[nH]cc(CCNC(=O)Oc3ccc(CC(C)(CNN)C(=O)O)cc3O)c2c1. The quantitative estimate of drug-likeness (QED) is 0.200. The Bertz CT molecular complexity index is 1150. The molecule has 0 spiro atoms. The van der Waals surface area contributed by atoms with Gasteiger partial charge in [-0.1, -0.05) is 6.07 Å². The molecule has 1 unspecified atom stereocenters. The van der Waals surface area contributed by atoms with Crippen LogP contribution in [0.2, 0.25) is 0 Å². The maximum atomic E-state index is 12.2. The predicted octanol–water partition coefficient (Wildman–Crippen LogP) is 2.31. The minimum absolute atomic E-state index is 0.0259. The molecule has 33 heavy (non-hydrogen) atoms. The molecule has 0 radical (unpaired) electrons. The van der Waals surface area contributed by atoms with Crippen molar-refractivity contribution in [3.63, 3.8) is 0 Å². The first kappa shape index (κ1) is 23.9. The number of phenolic OH excluding ortho intramolecular Hbond substituents is 1. The molecule has 10 nitrogen and oxygen atoms in total. The van der Waals surface area contributed by atoms with Gasteiger partial charge in [0.05, 0.1) is 12.5 Å². The van der Waals surface area contributed by atoms with Crippen molar-refractivity contribution in [2.75, 3.05) is 20.2 Å². The highest BCUT2D eigenvalue weighted by Gasteiger charge is 2.33. The van der Waals surface area contributed by atoms with E-state index < -0.39 is 17.5 Å². The average Bonchev–Trinajstić information content (AvgIpc) is 3.18. The molecule has 0 saturated heterocycles. The minimum atomic E-state index is -1.16. The Morgan fingerprint density at radius 2 is 2.00 bits per heavy atom. The van der Waals surface area contributed by atoms with E-state index in [9.17, 15) is 19.8 Å². The molecule has 7 N–H and O–H groups in total. The molecule has 3 rings (SSSR count). The number of carbonyl (C=O) groups is 2. The lowest BCUT2D eigenvalue weighted by molar-refractivity contribution is -0.147. The van der Waals surface area contributed by atoms with Crippen LogP contribution in [0.15, 0.2) is 42.6 Å². The molecular weight excluding hydrogens is 428 g/mol. The standard InChI is InChI=1S/C23H28N4O6/c1-23(13-27-24,21(29)30)11-14-3-6-20(19(28)9-14)33-22(31)25-8-7-15-12-26-18-5-4-16(32-2)10-17(15)18/h3-6,9-10,12,26-28H,7-8,11,13,24H2,1-2H3,(H,25,31)(H,29,30). The molecule has 1 amide bonds. The number of carbonyl (C=O) groups excluding carboxylic acids is 1. The van der Waals surface area contributed by atoms with E-state index >= 15 is 0 Å². The summed E-state index contributed by atoms with van der Waals surface area (Å²) in [5.41, 5.74) is 3.77. The van der Waals surface area contributed by atoms with E-state index in [1.165, 1.54) is 12.1 Å². The number of aromatic nitrogens is 1. The molecule has 0 saturated carbocycles. The van der Waals surface area contributed by atoms with Crippen molar-refractivity contribution in [1.82, 2.24) is 15.7 Å². The molecule has 10 heteroatoms. The molecule has 1 aromatic heterocycles. The largest absolute Gasteiger partial charge is 0.504 e. The highest BCUT2D eigenvalue weighted by Crippen LogP contribution is 2.30. The van der Waals surface area contributed by atoms with Crippen molar-refractivity contribution in [2.45, 2.75) is 19.8 Å². The van der Waals surface area contributed by atoms with Gasteiger partial charge in [0.2, 0.25) is 0 Å². The number of carboxylic acid groups (broad SMARTS) is 1. The van der Waals surface area contributed by atoms with Gasteiger partial charge in [0.15, 0.2) is 11.5 Å². The number of hydrogen-bond donors (Lipinski definition) is 6. The van der Waals surface area contributed by atoms with Crippen LogP contribution in [0.1, 0.15) is 18.1 Å². The number of aliphatic carboxylic acids is 1. The summed E-state index contributed by atoms with van der Waals surface area (Å²) in [6.45, 7) is 1.92. The summed E-state index contributed by atoms with van der Waals surface area (Å²) >= 11 is 0. The number of carboxylic acids is 1. The third-order valence-corrected chi connectivity index (χ3v) is 5.47.